The predicted molar refractivity (Wildman–Crippen MR) is 86.9 cm³/mol. The summed E-state index contributed by atoms with van der Waals surface area (Å²) in [6.07, 6.45) is 2.92. The third kappa shape index (κ3) is 3.37. The van der Waals surface area contributed by atoms with Gasteiger partial charge in [-0.1, -0.05) is 30.3 Å². The van der Waals surface area contributed by atoms with Crippen LogP contribution in [0.15, 0.2) is 30.3 Å². The van der Waals surface area contributed by atoms with Crippen LogP contribution in [-0.4, -0.2) is 41.6 Å². The average Bonchev–Trinajstić information content (AvgIpc) is 3.23. The molecule has 3 rings (SSSR count). The Hall–Kier alpha value is -1.71. The maximum Gasteiger partial charge on any atom is 0.250 e. The van der Waals surface area contributed by atoms with Gasteiger partial charge in [0.25, 0.3) is 0 Å². The van der Waals surface area contributed by atoms with Crippen molar-refractivity contribution in [3.8, 4) is 6.19 Å². The molecule has 1 aromatic rings. The van der Waals surface area contributed by atoms with E-state index in [1.54, 1.807) is 11.8 Å². The zero-order chi connectivity index (χ0) is 15.4. The van der Waals surface area contributed by atoms with E-state index in [2.05, 4.69) is 22.8 Å². The van der Waals surface area contributed by atoms with E-state index in [4.69, 9.17) is 5.26 Å². The largest absolute Gasteiger partial charge is 0.340 e. The standard InChI is InChI=1S/C16H20N4OS/c17-11-18-8-12-6-7-20(9-12)16(21)15-19-14(10-22-15)13-4-2-1-3-5-13/h1-5,12,14-15,18-19H,6-10H2/t12-,14?,15?/m1/s1. The summed E-state index contributed by atoms with van der Waals surface area (Å²) in [5, 5.41) is 14.6. The lowest BCUT2D eigenvalue weighted by atomic mass is 10.1. The summed E-state index contributed by atoms with van der Waals surface area (Å²) in [6, 6.07) is 10.5. The first kappa shape index (κ1) is 15.2. The number of carbonyl (C=O) groups excluding carboxylic acids is 1. The molecule has 2 heterocycles. The molecule has 0 aromatic heterocycles. The molecule has 2 saturated heterocycles. The molecule has 0 bridgehead atoms. The summed E-state index contributed by atoms with van der Waals surface area (Å²) in [4.78, 5) is 14.5. The van der Waals surface area contributed by atoms with Gasteiger partial charge >= 0.3 is 0 Å². The van der Waals surface area contributed by atoms with E-state index in [-0.39, 0.29) is 17.3 Å². The molecule has 22 heavy (non-hydrogen) atoms. The summed E-state index contributed by atoms with van der Waals surface area (Å²) in [5.41, 5.74) is 1.24. The summed E-state index contributed by atoms with van der Waals surface area (Å²) in [6.45, 7) is 2.21. The Morgan fingerprint density at radius 3 is 3.05 bits per heavy atom. The third-order valence-corrected chi connectivity index (χ3v) is 5.47. The van der Waals surface area contributed by atoms with Crippen LogP contribution in [0.2, 0.25) is 0 Å². The van der Waals surface area contributed by atoms with E-state index in [0.29, 0.717) is 12.5 Å². The molecule has 2 fully saturated rings. The van der Waals surface area contributed by atoms with E-state index in [1.807, 2.05) is 29.3 Å². The van der Waals surface area contributed by atoms with Gasteiger partial charge in [0.2, 0.25) is 5.91 Å². The number of amides is 1. The number of nitrogens with zero attached hydrogens (tertiary/aromatic N) is 2. The van der Waals surface area contributed by atoms with Crippen LogP contribution in [0.4, 0.5) is 0 Å². The Balaban J connectivity index is 1.53. The van der Waals surface area contributed by atoms with Crippen LogP contribution in [0, 0.1) is 17.4 Å². The zero-order valence-corrected chi connectivity index (χ0v) is 13.2. The molecule has 1 aromatic carbocycles. The van der Waals surface area contributed by atoms with Gasteiger partial charge in [0.15, 0.2) is 6.19 Å². The first-order valence-electron chi connectivity index (χ1n) is 7.61. The highest BCUT2D eigenvalue weighted by molar-refractivity contribution is 8.00. The fourth-order valence-electron chi connectivity index (χ4n) is 3.05. The molecule has 0 aliphatic carbocycles. The van der Waals surface area contributed by atoms with Crippen molar-refractivity contribution in [2.24, 2.45) is 5.92 Å². The number of hydrogen-bond acceptors (Lipinski definition) is 5. The van der Waals surface area contributed by atoms with Crippen molar-refractivity contribution in [2.45, 2.75) is 17.8 Å². The topological polar surface area (TPSA) is 68.2 Å². The van der Waals surface area contributed by atoms with E-state index in [0.717, 1.165) is 25.3 Å². The molecule has 3 atom stereocenters. The highest BCUT2D eigenvalue weighted by Crippen LogP contribution is 2.31. The maximum atomic E-state index is 12.6. The number of rotatable bonds is 4. The normalized spacial score (nSPS) is 27.6. The molecule has 0 spiro atoms. The number of carbonyl (C=O) groups is 1. The molecule has 1 amide bonds. The van der Waals surface area contributed by atoms with Gasteiger partial charge in [-0.15, -0.1) is 11.8 Å². The lowest BCUT2D eigenvalue weighted by Crippen LogP contribution is -2.42. The van der Waals surface area contributed by atoms with Gasteiger partial charge in [-0.05, 0) is 17.9 Å². The second-order valence-electron chi connectivity index (χ2n) is 5.77. The van der Waals surface area contributed by atoms with E-state index in [9.17, 15) is 4.79 Å². The van der Waals surface area contributed by atoms with Gasteiger partial charge in [0, 0.05) is 31.4 Å². The first-order chi connectivity index (χ1) is 10.8. The fourth-order valence-corrected chi connectivity index (χ4v) is 4.27. The van der Waals surface area contributed by atoms with Crippen molar-refractivity contribution < 1.29 is 4.79 Å². The summed E-state index contributed by atoms with van der Waals surface area (Å²) >= 11 is 1.69. The van der Waals surface area contributed by atoms with Crippen molar-refractivity contribution in [1.29, 1.82) is 5.26 Å². The van der Waals surface area contributed by atoms with Crippen molar-refractivity contribution >= 4 is 17.7 Å². The second-order valence-corrected chi connectivity index (χ2v) is 6.91. The Kier molecular flexibility index (Phi) is 4.86. The minimum atomic E-state index is -0.145. The number of benzene rings is 1. The molecule has 5 nitrogen and oxygen atoms in total. The van der Waals surface area contributed by atoms with Crippen LogP contribution in [0.1, 0.15) is 18.0 Å². The van der Waals surface area contributed by atoms with Gasteiger partial charge in [0.1, 0.15) is 5.37 Å². The third-order valence-electron chi connectivity index (χ3n) is 4.28. The van der Waals surface area contributed by atoms with E-state index >= 15 is 0 Å². The Morgan fingerprint density at radius 2 is 2.27 bits per heavy atom. The monoisotopic (exact) mass is 316 g/mol. The van der Waals surface area contributed by atoms with E-state index in [1.165, 1.54) is 5.56 Å². The summed E-state index contributed by atoms with van der Waals surface area (Å²) in [5.74, 6) is 1.50. The van der Waals surface area contributed by atoms with Crippen molar-refractivity contribution in [2.75, 3.05) is 25.4 Å². The predicted octanol–water partition coefficient (Wildman–Crippen LogP) is 1.31. The maximum absolute atomic E-state index is 12.6. The Morgan fingerprint density at radius 1 is 1.45 bits per heavy atom. The van der Waals surface area contributed by atoms with Crippen LogP contribution in [-0.2, 0) is 4.79 Å². The molecular weight excluding hydrogens is 296 g/mol. The fraction of sp³-hybridized carbons (Fsp3) is 0.500. The number of nitrogens with one attached hydrogen (secondary N) is 2. The molecule has 2 aliphatic rings. The van der Waals surface area contributed by atoms with Gasteiger partial charge in [-0.3, -0.25) is 10.1 Å². The zero-order valence-electron chi connectivity index (χ0n) is 12.4. The molecule has 2 aliphatic heterocycles. The van der Waals surface area contributed by atoms with Crippen LogP contribution >= 0.6 is 11.8 Å². The van der Waals surface area contributed by atoms with E-state index < -0.39 is 0 Å². The minimum absolute atomic E-state index is 0.145. The summed E-state index contributed by atoms with van der Waals surface area (Å²) < 4.78 is 0. The number of thioether (sulfide) groups is 1. The van der Waals surface area contributed by atoms with Gasteiger partial charge < -0.3 is 10.2 Å². The minimum Gasteiger partial charge on any atom is -0.340 e. The molecule has 0 radical (unpaired) electrons. The smallest absolute Gasteiger partial charge is 0.250 e. The number of likely N-dealkylation sites (tertiary alicyclic amines) is 1. The highest BCUT2D eigenvalue weighted by atomic mass is 32.2. The van der Waals surface area contributed by atoms with Crippen molar-refractivity contribution in [1.82, 2.24) is 15.5 Å². The van der Waals surface area contributed by atoms with Crippen LogP contribution in [0.5, 0.6) is 0 Å². The second kappa shape index (κ2) is 7.03. The van der Waals surface area contributed by atoms with Crippen LogP contribution in [0.3, 0.4) is 0 Å². The van der Waals surface area contributed by atoms with Gasteiger partial charge in [-0.2, -0.15) is 5.26 Å². The quantitative estimate of drug-likeness (QED) is 0.647. The lowest BCUT2D eigenvalue weighted by Gasteiger charge is -2.21. The number of hydrogen-bond donors (Lipinski definition) is 2. The van der Waals surface area contributed by atoms with Crippen LogP contribution in [0.25, 0.3) is 0 Å². The SMILES string of the molecule is N#CNC[C@H]1CCN(C(=O)C2NC(c3ccccc3)CS2)C1. The van der Waals surface area contributed by atoms with Crippen LogP contribution < -0.4 is 10.6 Å². The Labute approximate surface area is 135 Å². The van der Waals surface area contributed by atoms with Gasteiger partial charge in [-0.25, -0.2) is 0 Å². The van der Waals surface area contributed by atoms with Gasteiger partial charge in [0.05, 0.1) is 0 Å². The lowest BCUT2D eigenvalue weighted by molar-refractivity contribution is -0.130. The Bertz CT molecular complexity index is 559. The van der Waals surface area contributed by atoms with Crippen molar-refractivity contribution in [3.63, 3.8) is 0 Å². The molecule has 116 valence electrons. The average molecular weight is 316 g/mol. The molecule has 2 unspecified atom stereocenters. The molecule has 6 heteroatoms. The molecule has 0 saturated carbocycles. The molecular formula is C16H20N4OS. The highest BCUT2D eigenvalue weighted by Gasteiger charge is 2.35. The van der Waals surface area contributed by atoms with Crippen molar-refractivity contribution in [3.05, 3.63) is 35.9 Å². The first-order valence-corrected chi connectivity index (χ1v) is 8.66. The summed E-state index contributed by atoms with van der Waals surface area (Å²) in [7, 11) is 0. The molecule has 2 N–H and O–H groups in total. The number of nitriles is 1.